The maximum atomic E-state index is 12.5. The summed E-state index contributed by atoms with van der Waals surface area (Å²) in [6.07, 6.45) is 5.50. The van der Waals surface area contributed by atoms with Gasteiger partial charge in [0.1, 0.15) is 0 Å². The van der Waals surface area contributed by atoms with Crippen LogP contribution < -0.4 is 15.5 Å². The lowest BCUT2D eigenvalue weighted by molar-refractivity contribution is 0.0299. The Morgan fingerprint density at radius 1 is 0.919 bits per heavy atom. The number of ether oxygens (including phenoxy) is 1. The summed E-state index contributed by atoms with van der Waals surface area (Å²) in [7, 11) is -3.51. The van der Waals surface area contributed by atoms with Gasteiger partial charge in [0.15, 0.2) is 21.5 Å². The van der Waals surface area contributed by atoms with Gasteiger partial charge in [0.25, 0.3) is 0 Å². The van der Waals surface area contributed by atoms with Crippen molar-refractivity contribution in [3.05, 3.63) is 48.5 Å². The largest absolute Gasteiger partial charge is 0.371 e. The predicted molar refractivity (Wildman–Crippen MR) is 139 cm³/mol. The van der Waals surface area contributed by atoms with Crippen LogP contribution in [0.15, 0.2) is 53.4 Å². The average Bonchev–Trinajstić information content (AvgIpc) is 3.64. The van der Waals surface area contributed by atoms with E-state index in [0.717, 1.165) is 31.2 Å². The predicted octanol–water partition coefficient (Wildman–Crippen LogP) is 3.26. The van der Waals surface area contributed by atoms with E-state index in [9.17, 15) is 13.2 Å². The van der Waals surface area contributed by atoms with Gasteiger partial charge in [-0.15, -0.1) is 0 Å². The van der Waals surface area contributed by atoms with Crippen molar-refractivity contribution in [3.8, 4) is 22.8 Å². The molecule has 1 aromatic heterocycles. The van der Waals surface area contributed by atoms with Crippen LogP contribution >= 0.6 is 0 Å². The van der Waals surface area contributed by atoms with E-state index in [2.05, 4.69) is 15.5 Å². The number of amides is 2. The third-order valence-electron chi connectivity index (χ3n) is 6.79. The van der Waals surface area contributed by atoms with E-state index in [-0.39, 0.29) is 29.2 Å². The summed E-state index contributed by atoms with van der Waals surface area (Å²) >= 11 is 0. The maximum absolute atomic E-state index is 12.5. The Balaban J connectivity index is 1.37. The molecule has 2 bridgehead atoms. The van der Waals surface area contributed by atoms with Crippen LogP contribution in [0.2, 0.25) is 0 Å². The highest BCUT2D eigenvalue weighted by Crippen LogP contribution is 2.32. The number of urea groups is 1. The first-order chi connectivity index (χ1) is 17.8. The molecule has 3 aromatic rings. The Labute approximate surface area is 215 Å². The number of morpholine rings is 1. The van der Waals surface area contributed by atoms with E-state index in [4.69, 9.17) is 19.7 Å². The number of anilines is 2. The van der Waals surface area contributed by atoms with E-state index in [1.807, 2.05) is 12.1 Å². The number of fused-ring (bicyclic) bond motifs is 2. The maximum Gasteiger partial charge on any atom is 0.319 e. The molecule has 0 spiro atoms. The molecule has 37 heavy (non-hydrogen) atoms. The molecule has 3 aliphatic rings. The highest BCUT2D eigenvalue weighted by Gasteiger charge is 2.35. The molecule has 2 atom stereocenters. The van der Waals surface area contributed by atoms with Gasteiger partial charge in [-0.25, -0.2) is 18.2 Å². The number of carbonyl (C=O) groups is 1. The number of carbonyl (C=O) groups excluding carboxylic acids is 1. The molecule has 2 unspecified atom stereocenters. The van der Waals surface area contributed by atoms with Crippen LogP contribution in [-0.4, -0.2) is 67.0 Å². The van der Waals surface area contributed by atoms with Crippen LogP contribution in [0.4, 0.5) is 16.4 Å². The van der Waals surface area contributed by atoms with E-state index in [1.165, 1.54) is 6.26 Å². The summed E-state index contributed by atoms with van der Waals surface area (Å²) in [4.78, 5) is 28.6. The Bertz CT molecular complexity index is 1430. The average molecular weight is 521 g/mol. The van der Waals surface area contributed by atoms with E-state index >= 15 is 0 Å². The fourth-order valence-corrected chi connectivity index (χ4v) is 5.68. The minimum atomic E-state index is -3.51. The van der Waals surface area contributed by atoms with Gasteiger partial charge in [-0.2, -0.15) is 9.97 Å². The Morgan fingerprint density at radius 3 is 2.27 bits per heavy atom. The quantitative estimate of drug-likeness (QED) is 0.507. The van der Waals surface area contributed by atoms with Crippen LogP contribution in [0.25, 0.3) is 22.8 Å². The first-order valence-corrected chi connectivity index (χ1v) is 14.3. The monoisotopic (exact) mass is 520 g/mol. The molecule has 2 aromatic carbocycles. The minimum absolute atomic E-state index is 0.137. The van der Waals surface area contributed by atoms with Crippen molar-refractivity contribution >= 4 is 27.5 Å². The second kappa shape index (κ2) is 9.38. The molecular formula is C26H28N6O4S. The molecule has 2 amide bonds. The highest BCUT2D eigenvalue weighted by molar-refractivity contribution is 7.90. The van der Waals surface area contributed by atoms with Gasteiger partial charge in [-0.3, -0.25) is 0 Å². The van der Waals surface area contributed by atoms with Gasteiger partial charge in [-0.1, -0.05) is 12.1 Å². The lowest BCUT2D eigenvalue weighted by Gasteiger charge is -2.32. The number of sulfone groups is 1. The van der Waals surface area contributed by atoms with Crippen molar-refractivity contribution in [2.75, 3.05) is 29.6 Å². The van der Waals surface area contributed by atoms with E-state index in [0.29, 0.717) is 41.9 Å². The van der Waals surface area contributed by atoms with Gasteiger partial charge in [0, 0.05) is 42.2 Å². The molecular weight excluding hydrogens is 492 g/mol. The van der Waals surface area contributed by atoms with Crippen LogP contribution in [0.1, 0.15) is 25.7 Å². The number of benzene rings is 2. The normalized spacial score (nSPS) is 21.1. The smallest absolute Gasteiger partial charge is 0.319 e. The third-order valence-corrected chi connectivity index (χ3v) is 7.95. The molecule has 11 heteroatoms. The Morgan fingerprint density at radius 2 is 1.59 bits per heavy atom. The molecule has 0 radical (unpaired) electrons. The molecule has 192 valence electrons. The summed E-state index contributed by atoms with van der Waals surface area (Å²) in [5, 5.41) is 5.74. The molecule has 1 saturated carbocycles. The van der Waals surface area contributed by atoms with Gasteiger partial charge in [0.2, 0.25) is 5.95 Å². The van der Waals surface area contributed by atoms with Crippen LogP contribution in [0.5, 0.6) is 0 Å². The second-order valence-corrected chi connectivity index (χ2v) is 11.8. The molecule has 1 aliphatic carbocycles. The van der Waals surface area contributed by atoms with Crippen molar-refractivity contribution in [1.29, 1.82) is 0 Å². The lowest BCUT2D eigenvalue weighted by Crippen LogP contribution is -2.43. The first-order valence-electron chi connectivity index (χ1n) is 12.5. The standard InChI is InChI=1S/C26H28N6O4S/c1-37(34,35)22-5-3-2-4-21(22)24-29-23(30-25(31-24)32-14-19-12-13-20(15-32)36-19)16-6-8-17(9-7-16)27-26(33)28-18-10-11-18/h2-9,18-20H,10-15H2,1H3,(H2,27,28,33). The molecule has 2 saturated heterocycles. The highest BCUT2D eigenvalue weighted by atomic mass is 32.2. The first kappa shape index (κ1) is 23.8. The van der Waals surface area contributed by atoms with Gasteiger partial charge >= 0.3 is 6.03 Å². The number of nitrogens with one attached hydrogen (secondary N) is 2. The van der Waals surface area contributed by atoms with Crippen LogP contribution in [-0.2, 0) is 14.6 Å². The third kappa shape index (κ3) is 5.28. The topological polar surface area (TPSA) is 126 Å². The Kier molecular flexibility index (Phi) is 6.04. The summed E-state index contributed by atoms with van der Waals surface area (Å²) in [5.74, 6) is 1.22. The molecule has 3 fully saturated rings. The Hall–Kier alpha value is -3.57. The fraction of sp³-hybridized carbons (Fsp3) is 0.385. The molecule has 2 N–H and O–H groups in total. The summed E-state index contributed by atoms with van der Waals surface area (Å²) < 4.78 is 31.0. The molecule has 2 aliphatic heterocycles. The summed E-state index contributed by atoms with van der Waals surface area (Å²) in [6.45, 7) is 1.35. The van der Waals surface area contributed by atoms with E-state index < -0.39 is 9.84 Å². The second-order valence-electron chi connectivity index (χ2n) is 9.86. The van der Waals surface area contributed by atoms with Crippen molar-refractivity contribution in [2.45, 2.75) is 48.8 Å². The lowest BCUT2D eigenvalue weighted by atomic mass is 10.1. The zero-order valence-corrected chi connectivity index (χ0v) is 21.2. The van der Waals surface area contributed by atoms with Gasteiger partial charge in [-0.05, 0) is 62.1 Å². The van der Waals surface area contributed by atoms with Gasteiger partial charge in [0.05, 0.1) is 17.1 Å². The fourth-order valence-electron chi connectivity index (χ4n) is 4.79. The number of aromatic nitrogens is 3. The SMILES string of the molecule is CS(=O)(=O)c1ccccc1-c1nc(-c2ccc(NC(=O)NC3CC3)cc2)nc(N2CC3CCC(C2)O3)n1. The summed E-state index contributed by atoms with van der Waals surface area (Å²) in [6, 6.07) is 14.1. The number of rotatable bonds is 6. The van der Waals surface area contributed by atoms with E-state index in [1.54, 1.807) is 36.4 Å². The minimum Gasteiger partial charge on any atom is -0.371 e. The molecule has 6 rings (SSSR count). The van der Waals surface area contributed by atoms with Gasteiger partial charge < -0.3 is 20.3 Å². The van der Waals surface area contributed by atoms with Crippen molar-refractivity contribution < 1.29 is 17.9 Å². The van der Waals surface area contributed by atoms with Crippen LogP contribution in [0, 0.1) is 0 Å². The van der Waals surface area contributed by atoms with Crippen molar-refractivity contribution in [2.24, 2.45) is 0 Å². The van der Waals surface area contributed by atoms with Crippen LogP contribution in [0.3, 0.4) is 0 Å². The zero-order valence-electron chi connectivity index (χ0n) is 20.4. The van der Waals surface area contributed by atoms with Crippen molar-refractivity contribution in [1.82, 2.24) is 20.3 Å². The number of hydrogen-bond donors (Lipinski definition) is 2. The zero-order chi connectivity index (χ0) is 25.6. The number of nitrogens with zero attached hydrogens (tertiary/aromatic N) is 4. The van der Waals surface area contributed by atoms with Crippen molar-refractivity contribution in [3.63, 3.8) is 0 Å². The molecule has 10 nitrogen and oxygen atoms in total. The number of hydrogen-bond acceptors (Lipinski definition) is 8. The summed E-state index contributed by atoms with van der Waals surface area (Å²) in [5.41, 5.74) is 1.82. The molecule has 3 heterocycles.